The van der Waals surface area contributed by atoms with Crippen LogP contribution in [-0.4, -0.2) is 11.7 Å². The predicted octanol–water partition coefficient (Wildman–Crippen LogP) is 3.53. The minimum Gasteiger partial charge on any atom is -0.396 e. The molecule has 0 aliphatic heterocycles. The van der Waals surface area contributed by atoms with E-state index in [0.717, 1.165) is 12.8 Å². The van der Waals surface area contributed by atoms with Gasteiger partial charge in [-0.2, -0.15) is 0 Å². The second kappa shape index (κ2) is 8.31. The second-order valence-electron chi connectivity index (χ2n) is 4.06. The van der Waals surface area contributed by atoms with Crippen LogP contribution in [0, 0.1) is 5.92 Å². The van der Waals surface area contributed by atoms with Crippen molar-refractivity contribution in [2.45, 2.75) is 52.4 Å². The Bertz CT molecular complexity index is 129. The molecule has 0 aliphatic carbocycles. The van der Waals surface area contributed by atoms with Crippen molar-refractivity contribution in [3.05, 3.63) is 12.2 Å². The van der Waals surface area contributed by atoms with Gasteiger partial charge in [0.15, 0.2) is 0 Å². The van der Waals surface area contributed by atoms with Crippen molar-refractivity contribution in [3.8, 4) is 0 Å². The molecule has 0 aliphatic rings. The highest BCUT2D eigenvalue weighted by atomic mass is 16.3. The average Bonchev–Trinajstić information content (AvgIpc) is 2.09. The molecule has 0 amide bonds. The van der Waals surface area contributed by atoms with E-state index in [-0.39, 0.29) is 0 Å². The van der Waals surface area contributed by atoms with Crippen molar-refractivity contribution >= 4 is 0 Å². The summed E-state index contributed by atoms with van der Waals surface area (Å²) in [6.45, 7) is 8.45. The Morgan fingerprint density at radius 1 is 1.31 bits per heavy atom. The first kappa shape index (κ1) is 12.7. The van der Waals surface area contributed by atoms with E-state index in [1.165, 1.54) is 31.3 Å². The molecule has 1 nitrogen and oxygen atoms in total. The zero-order chi connectivity index (χ0) is 10.1. The summed E-state index contributed by atoms with van der Waals surface area (Å²) >= 11 is 0. The van der Waals surface area contributed by atoms with Crippen LogP contribution in [0.2, 0.25) is 0 Å². The molecule has 0 spiro atoms. The Kier molecular flexibility index (Phi) is 8.11. The molecular weight excluding hydrogens is 160 g/mol. The van der Waals surface area contributed by atoms with E-state index in [2.05, 4.69) is 13.5 Å². The molecule has 0 bridgehead atoms. The zero-order valence-electron chi connectivity index (χ0n) is 9.18. The highest BCUT2D eigenvalue weighted by Gasteiger charge is 2.06. The average molecular weight is 184 g/mol. The Labute approximate surface area is 82.9 Å². The largest absolute Gasteiger partial charge is 0.396 e. The molecule has 78 valence electrons. The summed E-state index contributed by atoms with van der Waals surface area (Å²) < 4.78 is 0. The van der Waals surface area contributed by atoms with Gasteiger partial charge in [-0.3, -0.25) is 0 Å². The van der Waals surface area contributed by atoms with E-state index in [9.17, 15) is 0 Å². The molecule has 0 rings (SSSR count). The van der Waals surface area contributed by atoms with Crippen LogP contribution in [0.5, 0.6) is 0 Å². The van der Waals surface area contributed by atoms with Crippen molar-refractivity contribution in [2.24, 2.45) is 5.92 Å². The topological polar surface area (TPSA) is 20.2 Å². The summed E-state index contributed by atoms with van der Waals surface area (Å²) in [5.74, 6) is 0.453. The molecule has 0 saturated heterocycles. The fourth-order valence-electron chi connectivity index (χ4n) is 1.61. The molecule has 0 saturated carbocycles. The van der Waals surface area contributed by atoms with Gasteiger partial charge in [0, 0.05) is 6.61 Å². The third kappa shape index (κ3) is 8.04. The number of unbranched alkanes of at least 4 members (excludes halogenated alkanes) is 3. The van der Waals surface area contributed by atoms with E-state index in [1.807, 2.05) is 6.92 Å². The standard InChI is InChI=1S/C12H24O/c1-4-5-6-7-8-12(10-13)9-11(2)3/h12-13H,2,4-10H2,1,3H3. The molecule has 1 N–H and O–H groups in total. The normalized spacial score (nSPS) is 12.8. The number of hydrogen-bond donors (Lipinski definition) is 1. The van der Waals surface area contributed by atoms with Gasteiger partial charge in [0.05, 0.1) is 0 Å². The Hall–Kier alpha value is -0.300. The third-order valence-electron chi connectivity index (χ3n) is 2.36. The summed E-state index contributed by atoms with van der Waals surface area (Å²) in [5.41, 5.74) is 1.19. The molecule has 1 heteroatoms. The van der Waals surface area contributed by atoms with E-state index in [4.69, 9.17) is 5.11 Å². The van der Waals surface area contributed by atoms with Gasteiger partial charge in [0.2, 0.25) is 0 Å². The van der Waals surface area contributed by atoms with Crippen molar-refractivity contribution in [1.82, 2.24) is 0 Å². The number of rotatable bonds is 8. The minimum absolute atomic E-state index is 0.318. The molecule has 0 radical (unpaired) electrons. The number of hydrogen-bond acceptors (Lipinski definition) is 1. The molecule has 0 aromatic rings. The van der Waals surface area contributed by atoms with E-state index in [1.54, 1.807) is 0 Å². The minimum atomic E-state index is 0.318. The SMILES string of the molecule is C=C(C)CC(CO)CCCCCC. The molecular formula is C12H24O. The molecule has 0 heterocycles. The molecule has 1 unspecified atom stereocenters. The quantitative estimate of drug-likeness (QED) is 0.452. The lowest BCUT2D eigenvalue weighted by molar-refractivity contribution is 0.214. The maximum Gasteiger partial charge on any atom is 0.0462 e. The summed E-state index contributed by atoms with van der Waals surface area (Å²) in [5, 5.41) is 9.09. The van der Waals surface area contributed by atoms with Gasteiger partial charge in [0.25, 0.3) is 0 Å². The van der Waals surface area contributed by atoms with Crippen molar-refractivity contribution in [2.75, 3.05) is 6.61 Å². The molecule has 13 heavy (non-hydrogen) atoms. The van der Waals surface area contributed by atoms with Gasteiger partial charge in [0.1, 0.15) is 0 Å². The summed E-state index contributed by atoms with van der Waals surface area (Å²) in [4.78, 5) is 0. The van der Waals surface area contributed by atoms with Crippen LogP contribution < -0.4 is 0 Å². The van der Waals surface area contributed by atoms with Gasteiger partial charge in [-0.1, -0.05) is 38.2 Å². The third-order valence-corrected chi connectivity index (χ3v) is 2.36. The summed E-state index contributed by atoms with van der Waals surface area (Å²) in [6.07, 6.45) is 7.32. The molecule has 0 fully saturated rings. The van der Waals surface area contributed by atoms with Crippen molar-refractivity contribution in [3.63, 3.8) is 0 Å². The van der Waals surface area contributed by atoms with Gasteiger partial charge < -0.3 is 5.11 Å². The lowest BCUT2D eigenvalue weighted by Gasteiger charge is -2.13. The first-order valence-electron chi connectivity index (χ1n) is 5.46. The lowest BCUT2D eigenvalue weighted by atomic mass is 9.95. The van der Waals surface area contributed by atoms with Crippen LogP contribution in [0.15, 0.2) is 12.2 Å². The van der Waals surface area contributed by atoms with Gasteiger partial charge >= 0.3 is 0 Å². The Morgan fingerprint density at radius 3 is 2.46 bits per heavy atom. The summed E-state index contributed by atoms with van der Waals surface area (Å²) in [7, 11) is 0. The van der Waals surface area contributed by atoms with Crippen molar-refractivity contribution in [1.29, 1.82) is 0 Å². The van der Waals surface area contributed by atoms with Crippen LogP contribution in [0.25, 0.3) is 0 Å². The Morgan fingerprint density at radius 2 is 2.00 bits per heavy atom. The van der Waals surface area contributed by atoms with Crippen LogP contribution in [-0.2, 0) is 0 Å². The number of allylic oxidation sites excluding steroid dienone is 1. The van der Waals surface area contributed by atoms with E-state index < -0.39 is 0 Å². The predicted molar refractivity (Wildman–Crippen MR) is 58.8 cm³/mol. The fourth-order valence-corrected chi connectivity index (χ4v) is 1.61. The maximum atomic E-state index is 9.09. The van der Waals surface area contributed by atoms with E-state index in [0.29, 0.717) is 12.5 Å². The number of aliphatic hydroxyl groups excluding tert-OH is 1. The number of aliphatic hydroxyl groups is 1. The zero-order valence-corrected chi connectivity index (χ0v) is 9.18. The lowest BCUT2D eigenvalue weighted by Crippen LogP contribution is -2.06. The highest BCUT2D eigenvalue weighted by molar-refractivity contribution is 4.90. The van der Waals surface area contributed by atoms with Gasteiger partial charge in [-0.15, -0.1) is 6.58 Å². The van der Waals surface area contributed by atoms with Crippen LogP contribution in [0.1, 0.15) is 52.4 Å². The first-order chi connectivity index (χ1) is 6.20. The molecule has 0 aromatic heterocycles. The second-order valence-corrected chi connectivity index (χ2v) is 4.06. The van der Waals surface area contributed by atoms with Gasteiger partial charge in [-0.05, 0) is 25.7 Å². The van der Waals surface area contributed by atoms with Crippen LogP contribution in [0.4, 0.5) is 0 Å². The van der Waals surface area contributed by atoms with Crippen LogP contribution in [0.3, 0.4) is 0 Å². The Balaban J connectivity index is 3.42. The highest BCUT2D eigenvalue weighted by Crippen LogP contribution is 2.17. The van der Waals surface area contributed by atoms with Crippen LogP contribution >= 0.6 is 0 Å². The van der Waals surface area contributed by atoms with E-state index >= 15 is 0 Å². The smallest absolute Gasteiger partial charge is 0.0462 e. The first-order valence-corrected chi connectivity index (χ1v) is 5.46. The fraction of sp³-hybridized carbons (Fsp3) is 0.833. The summed E-state index contributed by atoms with van der Waals surface area (Å²) in [6, 6.07) is 0. The monoisotopic (exact) mass is 184 g/mol. The maximum absolute atomic E-state index is 9.09. The molecule has 1 atom stereocenters. The molecule has 0 aromatic carbocycles. The van der Waals surface area contributed by atoms with Gasteiger partial charge in [-0.25, -0.2) is 0 Å². The van der Waals surface area contributed by atoms with Crippen molar-refractivity contribution < 1.29 is 5.11 Å².